The number of Topliss-reactive ketones (excluding diaryl/α,β-unsaturated/α-hetero) is 1. The maximum Gasteiger partial charge on any atom is 0.136 e. The molecular weight excluding hydrogens is 190 g/mol. The number of rotatable bonds is 3. The number of carbonyl (C=O) groups is 1. The lowest BCUT2D eigenvalue weighted by molar-refractivity contribution is -0.121. The second-order valence-electron chi connectivity index (χ2n) is 4.83. The Morgan fingerprint density at radius 2 is 2.40 bits per heavy atom. The van der Waals surface area contributed by atoms with E-state index in [0.29, 0.717) is 17.8 Å². The van der Waals surface area contributed by atoms with Crippen LogP contribution in [0.1, 0.15) is 32.6 Å². The van der Waals surface area contributed by atoms with E-state index in [4.69, 9.17) is 4.74 Å². The summed E-state index contributed by atoms with van der Waals surface area (Å²) in [6.07, 6.45) is 4.48. The highest BCUT2D eigenvalue weighted by Gasteiger charge is 2.25. The maximum atomic E-state index is 11.5. The van der Waals surface area contributed by atoms with Crippen LogP contribution in [0.25, 0.3) is 0 Å². The smallest absolute Gasteiger partial charge is 0.136 e. The average Bonchev–Trinajstić information content (AvgIpc) is 2.61. The summed E-state index contributed by atoms with van der Waals surface area (Å²) < 4.78 is 5.49. The number of hydrogen-bond acceptors (Lipinski definition) is 3. The molecule has 0 bridgehead atoms. The quantitative estimate of drug-likeness (QED) is 0.708. The Kier molecular flexibility index (Phi) is 3.76. The van der Waals surface area contributed by atoms with Crippen molar-refractivity contribution in [2.75, 3.05) is 26.2 Å². The highest BCUT2D eigenvalue weighted by molar-refractivity contribution is 5.82. The number of ether oxygens (including phenoxy) is 1. The molecule has 2 fully saturated rings. The third kappa shape index (κ3) is 3.02. The zero-order valence-corrected chi connectivity index (χ0v) is 9.58. The standard InChI is InChI=1S/C12H21NO2/c1-10-9-13(7-8-15-10)6-5-11-3-2-4-12(11)14/h10-11H,2-9H2,1H3. The van der Waals surface area contributed by atoms with E-state index >= 15 is 0 Å². The first-order valence-electron chi connectivity index (χ1n) is 6.12. The molecule has 2 rings (SSSR count). The van der Waals surface area contributed by atoms with Crippen molar-refractivity contribution in [2.45, 2.75) is 38.7 Å². The fraction of sp³-hybridized carbons (Fsp3) is 0.917. The molecule has 1 aliphatic heterocycles. The van der Waals surface area contributed by atoms with Gasteiger partial charge in [0.15, 0.2) is 0 Å². The summed E-state index contributed by atoms with van der Waals surface area (Å²) in [6, 6.07) is 0. The predicted octanol–water partition coefficient (Wildman–Crippen LogP) is 1.47. The maximum absolute atomic E-state index is 11.5. The minimum atomic E-state index is 0.359. The first-order valence-corrected chi connectivity index (χ1v) is 6.12. The van der Waals surface area contributed by atoms with Gasteiger partial charge in [0, 0.05) is 25.4 Å². The lowest BCUT2D eigenvalue weighted by Crippen LogP contribution is -2.42. The van der Waals surface area contributed by atoms with Crippen LogP contribution in [-0.2, 0) is 9.53 Å². The van der Waals surface area contributed by atoms with Gasteiger partial charge < -0.3 is 4.74 Å². The fourth-order valence-corrected chi connectivity index (χ4v) is 2.63. The Labute approximate surface area is 91.8 Å². The Hall–Kier alpha value is -0.410. The molecule has 0 spiro atoms. The Balaban J connectivity index is 1.70. The highest BCUT2D eigenvalue weighted by atomic mass is 16.5. The SMILES string of the molecule is CC1CN(CCC2CCCC2=O)CCO1. The number of carbonyl (C=O) groups excluding carboxylic acids is 1. The van der Waals surface area contributed by atoms with Gasteiger partial charge in [0.1, 0.15) is 5.78 Å². The topological polar surface area (TPSA) is 29.5 Å². The van der Waals surface area contributed by atoms with Gasteiger partial charge in [-0.3, -0.25) is 9.69 Å². The molecule has 2 unspecified atom stereocenters. The summed E-state index contributed by atoms with van der Waals surface area (Å²) in [6.45, 7) is 6.10. The van der Waals surface area contributed by atoms with Crippen LogP contribution in [-0.4, -0.2) is 43.0 Å². The van der Waals surface area contributed by atoms with Crippen LogP contribution in [0.15, 0.2) is 0 Å². The minimum absolute atomic E-state index is 0.359. The average molecular weight is 211 g/mol. The molecule has 1 heterocycles. The molecule has 0 radical (unpaired) electrons. The molecule has 0 aromatic carbocycles. The van der Waals surface area contributed by atoms with Crippen molar-refractivity contribution >= 4 is 5.78 Å². The fourth-order valence-electron chi connectivity index (χ4n) is 2.63. The second kappa shape index (κ2) is 5.08. The number of ketones is 1. The van der Waals surface area contributed by atoms with Crippen molar-refractivity contribution in [1.82, 2.24) is 4.90 Å². The monoisotopic (exact) mass is 211 g/mol. The van der Waals surface area contributed by atoms with E-state index in [0.717, 1.165) is 51.9 Å². The van der Waals surface area contributed by atoms with E-state index in [2.05, 4.69) is 11.8 Å². The molecule has 0 aromatic heterocycles. The van der Waals surface area contributed by atoms with E-state index in [1.54, 1.807) is 0 Å². The molecule has 15 heavy (non-hydrogen) atoms. The molecule has 2 atom stereocenters. The molecule has 0 N–H and O–H groups in total. The third-order valence-electron chi connectivity index (χ3n) is 3.55. The summed E-state index contributed by atoms with van der Waals surface area (Å²) in [5.41, 5.74) is 0. The van der Waals surface area contributed by atoms with E-state index in [1.165, 1.54) is 0 Å². The minimum Gasteiger partial charge on any atom is -0.376 e. The summed E-state index contributed by atoms with van der Waals surface area (Å²) in [5, 5.41) is 0. The van der Waals surface area contributed by atoms with Crippen molar-refractivity contribution in [3.05, 3.63) is 0 Å². The molecule has 1 aliphatic carbocycles. The largest absolute Gasteiger partial charge is 0.376 e. The summed E-state index contributed by atoms with van der Waals surface area (Å²) in [5.74, 6) is 0.861. The predicted molar refractivity (Wildman–Crippen MR) is 58.8 cm³/mol. The Bertz CT molecular complexity index is 230. The van der Waals surface area contributed by atoms with Crippen molar-refractivity contribution in [1.29, 1.82) is 0 Å². The second-order valence-corrected chi connectivity index (χ2v) is 4.83. The van der Waals surface area contributed by atoms with Gasteiger partial charge >= 0.3 is 0 Å². The van der Waals surface area contributed by atoms with Crippen LogP contribution in [0.4, 0.5) is 0 Å². The van der Waals surface area contributed by atoms with Crippen LogP contribution < -0.4 is 0 Å². The van der Waals surface area contributed by atoms with Gasteiger partial charge in [-0.15, -0.1) is 0 Å². The molecule has 1 saturated carbocycles. The van der Waals surface area contributed by atoms with Gasteiger partial charge in [-0.2, -0.15) is 0 Å². The zero-order chi connectivity index (χ0) is 10.7. The zero-order valence-electron chi connectivity index (χ0n) is 9.58. The third-order valence-corrected chi connectivity index (χ3v) is 3.55. The van der Waals surface area contributed by atoms with Gasteiger partial charge in [-0.25, -0.2) is 0 Å². The highest BCUT2D eigenvalue weighted by Crippen LogP contribution is 2.24. The van der Waals surface area contributed by atoms with Crippen LogP contribution in [0.5, 0.6) is 0 Å². The van der Waals surface area contributed by atoms with Crippen LogP contribution in [0.2, 0.25) is 0 Å². The summed E-state index contributed by atoms with van der Waals surface area (Å²) >= 11 is 0. The number of nitrogens with zero attached hydrogens (tertiary/aromatic N) is 1. The Morgan fingerprint density at radius 1 is 1.53 bits per heavy atom. The van der Waals surface area contributed by atoms with E-state index in [1.807, 2.05) is 0 Å². The van der Waals surface area contributed by atoms with E-state index < -0.39 is 0 Å². The van der Waals surface area contributed by atoms with Crippen LogP contribution in [0, 0.1) is 5.92 Å². The van der Waals surface area contributed by atoms with Crippen LogP contribution >= 0.6 is 0 Å². The lowest BCUT2D eigenvalue weighted by Gasteiger charge is -2.31. The normalized spacial score (nSPS) is 33.5. The molecule has 1 saturated heterocycles. The molecule has 86 valence electrons. The van der Waals surface area contributed by atoms with Gasteiger partial charge in [0.25, 0.3) is 0 Å². The van der Waals surface area contributed by atoms with Gasteiger partial charge in [-0.1, -0.05) is 0 Å². The van der Waals surface area contributed by atoms with Gasteiger partial charge in [0.2, 0.25) is 0 Å². The first kappa shape index (κ1) is 11.1. The van der Waals surface area contributed by atoms with E-state index in [-0.39, 0.29) is 0 Å². The molecule has 2 aliphatic rings. The number of hydrogen-bond donors (Lipinski definition) is 0. The number of morpholine rings is 1. The summed E-state index contributed by atoms with van der Waals surface area (Å²) in [4.78, 5) is 13.9. The molecule has 3 nitrogen and oxygen atoms in total. The Morgan fingerprint density at radius 3 is 3.07 bits per heavy atom. The van der Waals surface area contributed by atoms with Crippen LogP contribution in [0.3, 0.4) is 0 Å². The molecule has 0 amide bonds. The van der Waals surface area contributed by atoms with Gasteiger partial charge in [-0.05, 0) is 32.7 Å². The van der Waals surface area contributed by atoms with Gasteiger partial charge in [0.05, 0.1) is 12.7 Å². The van der Waals surface area contributed by atoms with Crippen molar-refractivity contribution in [3.63, 3.8) is 0 Å². The first-order chi connectivity index (χ1) is 7.25. The summed E-state index contributed by atoms with van der Waals surface area (Å²) in [7, 11) is 0. The van der Waals surface area contributed by atoms with Crippen molar-refractivity contribution < 1.29 is 9.53 Å². The van der Waals surface area contributed by atoms with Crippen molar-refractivity contribution in [2.24, 2.45) is 5.92 Å². The lowest BCUT2D eigenvalue weighted by atomic mass is 10.0. The molecule has 0 aromatic rings. The molecular formula is C12H21NO2. The molecule has 3 heteroatoms. The van der Waals surface area contributed by atoms with Crippen molar-refractivity contribution in [3.8, 4) is 0 Å². The van der Waals surface area contributed by atoms with E-state index in [9.17, 15) is 4.79 Å².